The Balaban J connectivity index is 1.51. The summed E-state index contributed by atoms with van der Waals surface area (Å²) in [6.45, 7) is 7.01. The highest BCUT2D eigenvalue weighted by Gasteiger charge is 2.25. The quantitative estimate of drug-likeness (QED) is 0.591. The van der Waals surface area contributed by atoms with Gasteiger partial charge in [0.15, 0.2) is 5.82 Å². The Morgan fingerprint density at radius 3 is 2.59 bits per heavy atom. The van der Waals surface area contributed by atoms with E-state index in [1.54, 1.807) is 24.1 Å². The number of para-hydroxylation sites is 1. The van der Waals surface area contributed by atoms with Crippen LogP contribution in [0.2, 0.25) is 0 Å². The van der Waals surface area contributed by atoms with E-state index in [0.717, 1.165) is 22.3 Å². The summed E-state index contributed by atoms with van der Waals surface area (Å²) in [7, 11) is 1.61. The molecule has 1 saturated heterocycles. The molecule has 3 heterocycles. The van der Waals surface area contributed by atoms with E-state index in [0.29, 0.717) is 50.9 Å². The molecule has 1 aromatic carbocycles. The molecule has 0 spiro atoms. The highest BCUT2D eigenvalue weighted by Crippen LogP contribution is 2.20. The third-order valence-corrected chi connectivity index (χ3v) is 5.75. The van der Waals surface area contributed by atoms with Crippen molar-refractivity contribution in [3.63, 3.8) is 0 Å². The number of carbonyl (C=O) groups is 1. The van der Waals surface area contributed by atoms with Gasteiger partial charge < -0.3 is 19.1 Å². The van der Waals surface area contributed by atoms with Crippen LogP contribution < -0.4 is 15.2 Å². The number of hydrogen-bond acceptors (Lipinski definition) is 6. The van der Waals surface area contributed by atoms with Crippen LogP contribution in [0.1, 0.15) is 19.4 Å². The SMILES string of the molecule is COc1ccccc1CC(=O)N1CCN(c2nc3ccncc3n(CC(C)C)c2=O)CC1. The van der Waals surface area contributed by atoms with Crippen molar-refractivity contribution < 1.29 is 9.53 Å². The summed E-state index contributed by atoms with van der Waals surface area (Å²) in [6, 6.07) is 9.42. The molecule has 1 amide bonds. The Labute approximate surface area is 187 Å². The van der Waals surface area contributed by atoms with Gasteiger partial charge in [0.05, 0.1) is 30.8 Å². The minimum atomic E-state index is -0.104. The summed E-state index contributed by atoms with van der Waals surface area (Å²) in [5.74, 6) is 1.54. The van der Waals surface area contributed by atoms with E-state index in [-0.39, 0.29) is 11.5 Å². The van der Waals surface area contributed by atoms with Gasteiger partial charge in [0.25, 0.3) is 5.56 Å². The molecule has 8 nitrogen and oxygen atoms in total. The van der Waals surface area contributed by atoms with Gasteiger partial charge in [-0.1, -0.05) is 32.0 Å². The van der Waals surface area contributed by atoms with Gasteiger partial charge in [-0.25, -0.2) is 4.98 Å². The van der Waals surface area contributed by atoms with Crippen molar-refractivity contribution in [2.45, 2.75) is 26.8 Å². The van der Waals surface area contributed by atoms with E-state index in [1.165, 1.54) is 0 Å². The number of carbonyl (C=O) groups excluding carboxylic acids is 1. The van der Waals surface area contributed by atoms with E-state index < -0.39 is 0 Å². The second-order valence-electron chi connectivity index (χ2n) is 8.47. The smallest absolute Gasteiger partial charge is 0.294 e. The topological polar surface area (TPSA) is 80.6 Å². The van der Waals surface area contributed by atoms with Crippen molar-refractivity contribution >= 4 is 22.8 Å². The zero-order valence-electron chi connectivity index (χ0n) is 18.8. The number of benzene rings is 1. The van der Waals surface area contributed by atoms with Crippen molar-refractivity contribution in [2.75, 3.05) is 38.2 Å². The standard InChI is InChI=1S/C24H29N5O3/c1-17(2)16-29-20-15-25-9-8-19(20)26-23(24(29)31)28-12-10-27(11-13-28)22(30)14-18-6-4-5-7-21(18)32-3/h4-9,15,17H,10-14,16H2,1-3H3. The van der Waals surface area contributed by atoms with Gasteiger partial charge in [-0.2, -0.15) is 0 Å². The van der Waals surface area contributed by atoms with Gasteiger partial charge in [-0.15, -0.1) is 0 Å². The predicted octanol–water partition coefficient (Wildman–Crippen LogP) is 2.35. The lowest BCUT2D eigenvalue weighted by atomic mass is 10.1. The molecule has 1 aliphatic heterocycles. The third-order valence-electron chi connectivity index (χ3n) is 5.75. The van der Waals surface area contributed by atoms with E-state index in [1.807, 2.05) is 40.1 Å². The molecule has 2 aromatic heterocycles. The van der Waals surface area contributed by atoms with E-state index in [4.69, 9.17) is 4.74 Å². The summed E-state index contributed by atoms with van der Waals surface area (Å²) in [5, 5.41) is 0. The van der Waals surface area contributed by atoms with Crippen LogP contribution in [0.3, 0.4) is 0 Å². The van der Waals surface area contributed by atoms with Gasteiger partial charge in [0.1, 0.15) is 5.75 Å². The van der Waals surface area contributed by atoms with Crippen LogP contribution in [0.15, 0.2) is 47.5 Å². The van der Waals surface area contributed by atoms with Crippen molar-refractivity contribution in [3.8, 4) is 5.75 Å². The maximum atomic E-state index is 13.3. The maximum absolute atomic E-state index is 13.3. The zero-order chi connectivity index (χ0) is 22.7. The van der Waals surface area contributed by atoms with Gasteiger partial charge >= 0.3 is 0 Å². The predicted molar refractivity (Wildman–Crippen MR) is 124 cm³/mol. The summed E-state index contributed by atoms with van der Waals surface area (Å²) in [6.07, 6.45) is 3.69. The molecule has 1 fully saturated rings. The van der Waals surface area contributed by atoms with Crippen LogP contribution in [-0.2, 0) is 17.8 Å². The highest BCUT2D eigenvalue weighted by molar-refractivity contribution is 5.80. The Morgan fingerprint density at radius 1 is 1.12 bits per heavy atom. The van der Waals surface area contributed by atoms with Gasteiger partial charge in [0.2, 0.25) is 5.91 Å². The molecule has 3 aromatic rings. The molecule has 0 saturated carbocycles. The number of methoxy groups -OCH3 is 1. The molecule has 8 heteroatoms. The lowest BCUT2D eigenvalue weighted by Gasteiger charge is -2.35. The molecule has 0 atom stereocenters. The maximum Gasteiger partial charge on any atom is 0.294 e. The average Bonchev–Trinajstić information content (AvgIpc) is 2.81. The number of piperazine rings is 1. The number of amides is 1. The zero-order valence-corrected chi connectivity index (χ0v) is 18.8. The second-order valence-corrected chi connectivity index (χ2v) is 8.47. The van der Waals surface area contributed by atoms with Crippen LogP contribution >= 0.6 is 0 Å². The Bertz CT molecular complexity index is 1170. The summed E-state index contributed by atoms with van der Waals surface area (Å²) in [5.41, 5.74) is 2.28. The van der Waals surface area contributed by atoms with Crippen LogP contribution in [0.25, 0.3) is 11.0 Å². The molecular formula is C24H29N5O3. The normalized spacial score (nSPS) is 14.2. The van der Waals surface area contributed by atoms with E-state index in [2.05, 4.69) is 23.8 Å². The largest absolute Gasteiger partial charge is 0.496 e. The lowest BCUT2D eigenvalue weighted by Crippen LogP contribution is -2.51. The fourth-order valence-corrected chi connectivity index (χ4v) is 4.12. The van der Waals surface area contributed by atoms with Crippen molar-refractivity contribution in [1.82, 2.24) is 19.4 Å². The first kappa shape index (κ1) is 21.8. The summed E-state index contributed by atoms with van der Waals surface area (Å²) >= 11 is 0. The number of rotatable bonds is 6. The Morgan fingerprint density at radius 2 is 1.88 bits per heavy atom. The lowest BCUT2D eigenvalue weighted by molar-refractivity contribution is -0.130. The average molecular weight is 436 g/mol. The summed E-state index contributed by atoms with van der Waals surface area (Å²) in [4.78, 5) is 38.8. The highest BCUT2D eigenvalue weighted by atomic mass is 16.5. The van der Waals surface area contributed by atoms with Gasteiger partial charge in [0, 0.05) is 44.5 Å². The molecule has 32 heavy (non-hydrogen) atoms. The van der Waals surface area contributed by atoms with Gasteiger partial charge in [-0.05, 0) is 18.1 Å². The van der Waals surface area contributed by atoms with Crippen molar-refractivity contribution in [2.24, 2.45) is 5.92 Å². The number of pyridine rings is 1. The van der Waals surface area contributed by atoms with Crippen molar-refractivity contribution in [3.05, 3.63) is 58.6 Å². The summed E-state index contributed by atoms with van der Waals surface area (Å²) < 4.78 is 7.14. The first-order valence-electron chi connectivity index (χ1n) is 11.0. The first-order chi connectivity index (χ1) is 15.5. The molecule has 4 rings (SSSR count). The number of aromatic nitrogens is 3. The molecule has 0 radical (unpaired) electrons. The first-order valence-corrected chi connectivity index (χ1v) is 11.0. The Kier molecular flexibility index (Phi) is 6.39. The Hall–Kier alpha value is -3.42. The minimum Gasteiger partial charge on any atom is -0.496 e. The van der Waals surface area contributed by atoms with Crippen LogP contribution in [0, 0.1) is 5.92 Å². The fourth-order valence-electron chi connectivity index (χ4n) is 4.12. The molecule has 0 N–H and O–H groups in total. The molecule has 1 aliphatic rings. The molecular weight excluding hydrogens is 406 g/mol. The third kappa shape index (κ3) is 4.44. The van der Waals surface area contributed by atoms with Gasteiger partial charge in [-0.3, -0.25) is 14.6 Å². The van der Waals surface area contributed by atoms with Crippen LogP contribution in [0.4, 0.5) is 5.82 Å². The molecule has 0 aliphatic carbocycles. The van der Waals surface area contributed by atoms with E-state index >= 15 is 0 Å². The van der Waals surface area contributed by atoms with E-state index in [9.17, 15) is 9.59 Å². The fraction of sp³-hybridized carbons (Fsp3) is 0.417. The molecule has 0 bridgehead atoms. The second kappa shape index (κ2) is 9.38. The number of anilines is 1. The molecule has 168 valence electrons. The monoisotopic (exact) mass is 435 g/mol. The van der Waals surface area contributed by atoms with Crippen molar-refractivity contribution in [1.29, 1.82) is 0 Å². The minimum absolute atomic E-state index is 0.0592. The number of hydrogen-bond donors (Lipinski definition) is 0. The number of fused-ring (bicyclic) bond motifs is 1. The number of nitrogens with zero attached hydrogens (tertiary/aromatic N) is 5. The number of ether oxygens (including phenoxy) is 1. The molecule has 0 unspecified atom stereocenters. The van der Waals surface area contributed by atoms with Crippen LogP contribution in [0.5, 0.6) is 5.75 Å². The van der Waals surface area contributed by atoms with Crippen LogP contribution in [-0.4, -0.2) is 58.6 Å².